The van der Waals surface area contributed by atoms with E-state index in [-0.39, 0.29) is 15.0 Å². The van der Waals surface area contributed by atoms with Gasteiger partial charge in [0.2, 0.25) is 0 Å². The Morgan fingerprint density at radius 2 is 1.65 bits per heavy atom. The number of aliphatic hydroxyl groups is 1. The van der Waals surface area contributed by atoms with Crippen LogP contribution in [0.25, 0.3) is 0 Å². The summed E-state index contributed by atoms with van der Waals surface area (Å²) in [5.41, 5.74) is 0.500. The average molecular weight is 420 g/mol. The Kier molecular flexibility index (Phi) is 7.70. The van der Waals surface area contributed by atoms with Crippen LogP contribution in [0.15, 0.2) is 60.7 Å². The number of rotatable bonds is 7. The molecule has 0 radical (unpaired) electrons. The second-order valence-corrected chi connectivity index (χ2v) is 9.43. The zero-order valence-corrected chi connectivity index (χ0v) is 17.2. The molecule has 2 aromatic carbocycles. The summed E-state index contributed by atoms with van der Waals surface area (Å²) in [4.78, 5) is 12.2. The van der Waals surface area contributed by atoms with Gasteiger partial charge in [0.05, 0.1) is 0 Å². The topological polar surface area (TPSA) is 58.6 Å². The van der Waals surface area contributed by atoms with Crippen LogP contribution in [0.3, 0.4) is 0 Å². The number of amides is 1. The van der Waals surface area contributed by atoms with Crippen molar-refractivity contribution in [3.05, 3.63) is 66.2 Å². The van der Waals surface area contributed by atoms with Gasteiger partial charge in [0.1, 0.15) is 0 Å². The first-order valence-electron chi connectivity index (χ1n) is 8.73. The van der Waals surface area contributed by atoms with Crippen LogP contribution in [0.4, 0.5) is 4.79 Å². The number of hydrogen-bond donors (Lipinski definition) is 2. The molecule has 0 fully saturated rings. The summed E-state index contributed by atoms with van der Waals surface area (Å²) >= 11 is 0.144. The van der Waals surface area contributed by atoms with Crippen LogP contribution in [0.2, 0.25) is 5.32 Å². The molecule has 0 aliphatic carbocycles. The third-order valence-electron chi connectivity index (χ3n) is 3.63. The molecule has 0 aliphatic heterocycles. The summed E-state index contributed by atoms with van der Waals surface area (Å²) in [6, 6.07) is 19.6. The summed E-state index contributed by atoms with van der Waals surface area (Å²) < 4.78 is 6.59. The van der Waals surface area contributed by atoms with E-state index >= 15 is 0 Å². The Morgan fingerprint density at radius 1 is 1.08 bits per heavy atom. The van der Waals surface area contributed by atoms with Crippen LogP contribution in [0.1, 0.15) is 26.3 Å². The van der Waals surface area contributed by atoms with E-state index in [9.17, 15) is 9.90 Å². The second kappa shape index (κ2) is 9.77. The fraction of sp³-hybridized carbons (Fsp3) is 0.381. The Labute approximate surface area is 162 Å². The van der Waals surface area contributed by atoms with Crippen molar-refractivity contribution >= 4 is 25.5 Å². The molecule has 0 saturated heterocycles. The molecule has 0 aromatic heterocycles. The monoisotopic (exact) mass is 421 g/mol. The molecule has 0 unspecified atom stereocenters. The van der Waals surface area contributed by atoms with Crippen molar-refractivity contribution in [1.82, 2.24) is 5.32 Å². The van der Waals surface area contributed by atoms with Crippen molar-refractivity contribution in [2.45, 2.75) is 50.3 Å². The first-order valence-corrected chi connectivity index (χ1v) is 10.8. The van der Waals surface area contributed by atoms with Gasteiger partial charge >= 0.3 is 162 Å². The predicted octanol–water partition coefficient (Wildman–Crippen LogP) is 2.93. The molecule has 1 amide bonds. The molecule has 2 N–H and O–H groups in total. The molecule has 4 nitrogen and oxygen atoms in total. The quantitative estimate of drug-likeness (QED) is 0.678. The van der Waals surface area contributed by atoms with E-state index in [1.807, 2.05) is 69.3 Å². The Morgan fingerprint density at radius 3 is 2.23 bits per heavy atom. The van der Waals surface area contributed by atoms with Gasteiger partial charge in [-0.3, -0.25) is 0 Å². The number of hydrogen-bond acceptors (Lipinski definition) is 3. The van der Waals surface area contributed by atoms with Crippen molar-refractivity contribution in [1.29, 1.82) is 0 Å². The van der Waals surface area contributed by atoms with Crippen molar-refractivity contribution < 1.29 is 14.6 Å². The maximum atomic E-state index is 12.2. The molecular formula is C21H27NO3Se. The van der Waals surface area contributed by atoms with E-state index in [1.165, 1.54) is 4.46 Å². The number of carbonyl (C=O) groups excluding carboxylic acids is 1. The van der Waals surface area contributed by atoms with Gasteiger partial charge in [-0.05, 0) is 0 Å². The van der Waals surface area contributed by atoms with Gasteiger partial charge in [-0.2, -0.15) is 0 Å². The molecular weight excluding hydrogens is 393 g/mol. The number of carbonyl (C=O) groups is 1. The Hall–Kier alpha value is -1.81. The number of alkyl carbamates (subject to hydrolysis) is 1. The van der Waals surface area contributed by atoms with Crippen LogP contribution in [0.5, 0.6) is 0 Å². The number of aliphatic hydroxyl groups excluding tert-OH is 1. The average Bonchev–Trinajstić information content (AvgIpc) is 2.59. The van der Waals surface area contributed by atoms with Crippen LogP contribution in [-0.2, 0) is 11.2 Å². The third kappa shape index (κ3) is 7.61. The summed E-state index contributed by atoms with van der Waals surface area (Å²) in [6.45, 7) is 5.48. The van der Waals surface area contributed by atoms with Gasteiger partial charge in [-0.15, -0.1) is 0 Å². The standard InChI is InChI=1S/C21H27NO3Se/c1-21(2,3)25-20(24)22-18(14-16-10-6-4-7-11-16)19(23)15-26-17-12-8-5-9-13-17/h4-13,18-19,23H,14-15H2,1-3H3,(H,22,24)/t18-,19+/m0/s1. The molecule has 140 valence electrons. The maximum absolute atomic E-state index is 12.2. The van der Waals surface area contributed by atoms with Crippen molar-refractivity contribution in [2.75, 3.05) is 0 Å². The molecule has 0 heterocycles. The minimum absolute atomic E-state index is 0.144. The van der Waals surface area contributed by atoms with Crippen molar-refractivity contribution in [3.63, 3.8) is 0 Å². The van der Waals surface area contributed by atoms with Crippen LogP contribution in [0, 0.1) is 0 Å². The van der Waals surface area contributed by atoms with E-state index in [4.69, 9.17) is 4.74 Å². The first kappa shape index (κ1) is 20.5. The molecule has 0 spiro atoms. The summed E-state index contributed by atoms with van der Waals surface area (Å²) in [7, 11) is 0. The summed E-state index contributed by atoms with van der Waals surface area (Å²) in [5.74, 6) is 0. The Balaban J connectivity index is 2.02. The van der Waals surface area contributed by atoms with E-state index in [0.717, 1.165) is 5.56 Å². The molecule has 2 aromatic rings. The molecule has 0 aliphatic rings. The fourth-order valence-corrected chi connectivity index (χ4v) is 4.41. The van der Waals surface area contributed by atoms with E-state index in [2.05, 4.69) is 17.4 Å². The van der Waals surface area contributed by atoms with Crippen LogP contribution < -0.4 is 9.78 Å². The second-order valence-electron chi connectivity index (χ2n) is 7.13. The van der Waals surface area contributed by atoms with E-state index in [0.29, 0.717) is 11.7 Å². The van der Waals surface area contributed by atoms with Gasteiger partial charge in [0.15, 0.2) is 0 Å². The number of benzene rings is 2. The number of nitrogens with one attached hydrogen (secondary N) is 1. The third-order valence-corrected chi connectivity index (χ3v) is 5.97. The van der Waals surface area contributed by atoms with E-state index in [1.54, 1.807) is 0 Å². The first-order chi connectivity index (χ1) is 12.3. The van der Waals surface area contributed by atoms with Crippen molar-refractivity contribution in [3.8, 4) is 0 Å². The van der Waals surface area contributed by atoms with Gasteiger partial charge in [-0.1, -0.05) is 0 Å². The SMILES string of the molecule is CC(C)(C)OC(=O)N[C@@H](Cc1ccccc1)[C@H](O)C[Se]c1ccccc1. The van der Waals surface area contributed by atoms with Crippen molar-refractivity contribution in [2.24, 2.45) is 0 Å². The molecule has 2 atom stereocenters. The minimum atomic E-state index is -0.636. The Bertz CT molecular complexity index is 671. The van der Waals surface area contributed by atoms with Gasteiger partial charge < -0.3 is 0 Å². The molecule has 0 bridgehead atoms. The van der Waals surface area contributed by atoms with Gasteiger partial charge in [0, 0.05) is 0 Å². The summed E-state index contributed by atoms with van der Waals surface area (Å²) in [5, 5.41) is 14.2. The van der Waals surface area contributed by atoms with Gasteiger partial charge in [0.25, 0.3) is 0 Å². The molecule has 26 heavy (non-hydrogen) atoms. The number of ether oxygens (including phenoxy) is 1. The fourth-order valence-electron chi connectivity index (χ4n) is 2.42. The summed E-state index contributed by atoms with van der Waals surface area (Å²) in [6.07, 6.45) is -0.570. The van der Waals surface area contributed by atoms with Crippen LogP contribution in [-0.4, -0.2) is 43.9 Å². The molecule has 2 rings (SSSR count). The molecule has 5 heteroatoms. The van der Waals surface area contributed by atoms with E-state index < -0.39 is 23.8 Å². The normalized spacial score (nSPS) is 13.7. The van der Waals surface area contributed by atoms with Gasteiger partial charge in [-0.25, -0.2) is 0 Å². The van der Waals surface area contributed by atoms with Crippen LogP contribution >= 0.6 is 0 Å². The zero-order valence-electron chi connectivity index (χ0n) is 15.5. The zero-order chi connectivity index (χ0) is 19.0. The predicted molar refractivity (Wildman–Crippen MR) is 106 cm³/mol. The molecule has 0 saturated carbocycles.